The average Bonchev–Trinajstić information content (AvgIpc) is 2.28. The van der Waals surface area contributed by atoms with Gasteiger partial charge >= 0.3 is 0 Å². The minimum atomic E-state index is -1.13. The topological polar surface area (TPSA) is 44.6 Å². The van der Waals surface area contributed by atoms with Gasteiger partial charge in [-0.3, -0.25) is 0 Å². The lowest BCUT2D eigenvalue weighted by molar-refractivity contribution is -0.858. The number of nitrogens with one attached hydrogen (secondary N) is 1. The van der Waals surface area contributed by atoms with Crippen LogP contribution in [0.25, 0.3) is 0 Å². The largest absolute Gasteiger partial charge is 0.545 e. The van der Waals surface area contributed by atoms with Gasteiger partial charge in [-0.25, -0.2) is 0 Å². The van der Waals surface area contributed by atoms with E-state index in [9.17, 15) is 9.90 Å². The van der Waals surface area contributed by atoms with Gasteiger partial charge in [0.15, 0.2) is 0 Å². The van der Waals surface area contributed by atoms with Crippen LogP contribution in [0.3, 0.4) is 0 Å². The van der Waals surface area contributed by atoms with Crippen LogP contribution in [-0.4, -0.2) is 26.6 Å². The van der Waals surface area contributed by atoms with Crippen molar-refractivity contribution in [3.8, 4) is 0 Å². The minimum Gasteiger partial charge on any atom is -0.545 e. The van der Waals surface area contributed by atoms with Crippen LogP contribution in [0.2, 0.25) is 0 Å². The number of rotatable bonds is 4. The maximum Gasteiger partial charge on any atom is 0.0769 e. The van der Waals surface area contributed by atoms with Gasteiger partial charge in [0.1, 0.15) is 0 Å². The lowest BCUT2D eigenvalue weighted by atomic mass is 10.1. The van der Waals surface area contributed by atoms with Crippen molar-refractivity contribution in [3.63, 3.8) is 0 Å². The van der Waals surface area contributed by atoms with Gasteiger partial charge in [-0.05, 0) is 17.9 Å². The Bertz CT molecular complexity index is 299. The molecule has 0 heterocycles. The third-order valence-corrected chi connectivity index (χ3v) is 2.23. The van der Waals surface area contributed by atoms with Crippen molar-refractivity contribution in [2.75, 3.05) is 20.6 Å². The predicted octanol–water partition coefficient (Wildman–Crippen LogP) is 0.227. The Labute approximate surface area is 104 Å². The zero-order valence-electron chi connectivity index (χ0n) is 11.2. The number of quaternary nitrogens is 1. The zero-order chi connectivity index (χ0) is 13.3. The van der Waals surface area contributed by atoms with E-state index in [1.807, 2.05) is 0 Å². The molecule has 3 nitrogen and oxygen atoms in total. The van der Waals surface area contributed by atoms with E-state index in [0.717, 1.165) is 5.92 Å². The molecular formula is C14H23NO2. The van der Waals surface area contributed by atoms with Crippen molar-refractivity contribution >= 4 is 5.97 Å². The summed E-state index contributed by atoms with van der Waals surface area (Å²) in [5, 5.41) is 10.1. The highest BCUT2D eigenvalue weighted by molar-refractivity contribution is 5.85. The Morgan fingerprint density at radius 1 is 1.24 bits per heavy atom. The molecule has 17 heavy (non-hydrogen) atoms. The van der Waals surface area contributed by atoms with Gasteiger partial charge in [-0.1, -0.05) is 44.2 Å². The van der Waals surface area contributed by atoms with Crippen LogP contribution in [0.1, 0.15) is 30.6 Å². The lowest BCUT2D eigenvalue weighted by Gasteiger charge is -2.07. The number of hydrogen-bond donors (Lipinski definition) is 1. The highest BCUT2D eigenvalue weighted by atomic mass is 16.4. The number of carboxylic acids is 1. The molecule has 0 bridgehead atoms. The second-order valence-corrected chi connectivity index (χ2v) is 4.79. The summed E-state index contributed by atoms with van der Waals surface area (Å²) in [6.45, 7) is 5.84. The van der Waals surface area contributed by atoms with E-state index < -0.39 is 5.97 Å². The van der Waals surface area contributed by atoms with Gasteiger partial charge in [-0.2, -0.15) is 0 Å². The van der Waals surface area contributed by atoms with Crippen LogP contribution in [0.4, 0.5) is 0 Å². The van der Waals surface area contributed by atoms with Crippen molar-refractivity contribution in [2.45, 2.75) is 20.3 Å². The average molecular weight is 237 g/mol. The highest BCUT2D eigenvalue weighted by Crippen LogP contribution is 1.94. The van der Waals surface area contributed by atoms with Crippen molar-refractivity contribution in [1.82, 2.24) is 0 Å². The van der Waals surface area contributed by atoms with Gasteiger partial charge in [0.05, 0.1) is 26.6 Å². The smallest absolute Gasteiger partial charge is 0.0769 e. The van der Waals surface area contributed by atoms with Crippen LogP contribution in [0.5, 0.6) is 0 Å². The molecule has 0 fully saturated rings. The third kappa shape index (κ3) is 9.57. The summed E-state index contributed by atoms with van der Waals surface area (Å²) in [5.41, 5.74) is 0.220. The second-order valence-electron chi connectivity index (χ2n) is 4.79. The second kappa shape index (κ2) is 8.76. The summed E-state index contributed by atoms with van der Waals surface area (Å²) in [6, 6.07) is 8.06. The molecule has 0 saturated heterocycles. The minimum absolute atomic E-state index is 0.220. The monoisotopic (exact) mass is 237 g/mol. The summed E-state index contributed by atoms with van der Waals surface area (Å²) >= 11 is 0. The Balaban J connectivity index is 0.000000304. The molecule has 0 aliphatic carbocycles. The Morgan fingerprint density at radius 3 is 2.00 bits per heavy atom. The van der Waals surface area contributed by atoms with E-state index in [2.05, 4.69) is 27.9 Å². The van der Waals surface area contributed by atoms with Gasteiger partial charge < -0.3 is 14.8 Å². The molecule has 1 rings (SSSR count). The molecule has 0 radical (unpaired) electrons. The molecule has 0 aliphatic rings. The van der Waals surface area contributed by atoms with E-state index in [-0.39, 0.29) is 5.56 Å². The van der Waals surface area contributed by atoms with E-state index in [1.165, 1.54) is 25.1 Å². The molecule has 0 saturated carbocycles. The fourth-order valence-corrected chi connectivity index (χ4v) is 1.15. The number of benzene rings is 1. The molecule has 0 aliphatic heterocycles. The maximum atomic E-state index is 10.1. The lowest BCUT2D eigenvalue weighted by Crippen LogP contribution is -3.05. The first-order valence-electron chi connectivity index (χ1n) is 5.99. The van der Waals surface area contributed by atoms with E-state index in [4.69, 9.17) is 0 Å². The fourth-order valence-electron chi connectivity index (χ4n) is 1.15. The molecule has 0 atom stereocenters. The molecule has 0 spiro atoms. The van der Waals surface area contributed by atoms with Crippen LogP contribution >= 0.6 is 0 Å². The van der Waals surface area contributed by atoms with Gasteiger partial charge in [0.2, 0.25) is 0 Å². The summed E-state index contributed by atoms with van der Waals surface area (Å²) in [7, 11) is 4.39. The molecule has 0 amide bonds. The molecule has 96 valence electrons. The first-order valence-corrected chi connectivity index (χ1v) is 5.99. The van der Waals surface area contributed by atoms with E-state index >= 15 is 0 Å². The normalized spacial score (nSPS) is 10.0. The van der Waals surface area contributed by atoms with Gasteiger partial charge in [-0.15, -0.1) is 0 Å². The summed E-state index contributed by atoms with van der Waals surface area (Å²) in [6.07, 6.45) is 1.35. The number of hydrogen-bond acceptors (Lipinski definition) is 2. The Kier molecular flexibility index (Phi) is 8.07. The number of carboxylic acid groups (broad SMARTS) is 1. The standard InChI is InChI=1S/C7H17N.C7H6O2/c1-7(2)5-6-8(3)4;8-7(9)6-4-2-1-3-5-6/h7H,5-6H2,1-4H3;1-5H,(H,8,9). The number of carbonyl (C=O) groups excluding carboxylic acids is 1. The third-order valence-electron chi connectivity index (χ3n) is 2.23. The predicted molar refractivity (Wildman–Crippen MR) is 67.9 cm³/mol. The quantitative estimate of drug-likeness (QED) is 0.814. The maximum absolute atomic E-state index is 10.1. The Morgan fingerprint density at radius 2 is 1.76 bits per heavy atom. The van der Waals surface area contributed by atoms with E-state index in [1.54, 1.807) is 23.1 Å². The Hall–Kier alpha value is -1.35. The van der Waals surface area contributed by atoms with E-state index in [0.29, 0.717) is 0 Å². The fraction of sp³-hybridized carbons (Fsp3) is 0.500. The molecule has 1 aromatic carbocycles. The summed E-state index contributed by atoms with van der Waals surface area (Å²) in [5.74, 6) is -0.263. The molecule has 0 unspecified atom stereocenters. The van der Waals surface area contributed by atoms with Crippen molar-refractivity contribution in [1.29, 1.82) is 0 Å². The first-order chi connectivity index (χ1) is 7.93. The van der Waals surface area contributed by atoms with Crippen LogP contribution in [0, 0.1) is 5.92 Å². The van der Waals surface area contributed by atoms with Crippen molar-refractivity contribution in [2.24, 2.45) is 5.92 Å². The molecular weight excluding hydrogens is 214 g/mol. The van der Waals surface area contributed by atoms with Crippen LogP contribution in [0.15, 0.2) is 30.3 Å². The van der Waals surface area contributed by atoms with Gasteiger partial charge in [0.25, 0.3) is 0 Å². The molecule has 3 heteroatoms. The van der Waals surface area contributed by atoms with Crippen LogP contribution in [-0.2, 0) is 0 Å². The van der Waals surface area contributed by atoms with Crippen molar-refractivity contribution in [3.05, 3.63) is 35.9 Å². The van der Waals surface area contributed by atoms with Crippen molar-refractivity contribution < 1.29 is 14.8 Å². The number of carbonyl (C=O) groups is 1. The SMILES string of the molecule is CC(C)CC[NH+](C)C.O=C([O-])c1ccccc1. The first kappa shape index (κ1) is 15.7. The molecule has 1 aromatic rings. The molecule has 0 aromatic heterocycles. The zero-order valence-corrected chi connectivity index (χ0v) is 11.2. The summed E-state index contributed by atoms with van der Waals surface area (Å²) < 4.78 is 0. The summed E-state index contributed by atoms with van der Waals surface area (Å²) in [4.78, 5) is 11.6. The highest BCUT2D eigenvalue weighted by Gasteiger charge is 1.95. The van der Waals surface area contributed by atoms with Crippen LogP contribution < -0.4 is 10.0 Å². The van der Waals surface area contributed by atoms with Gasteiger partial charge in [0, 0.05) is 0 Å². The number of aromatic carboxylic acids is 1. The molecule has 1 N–H and O–H groups in total.